The fraction of sp³-hybridized carbons (Fsp3) is 0.600. The lowest BCUT2D eigenvalue weighted by molar-refractivity contribution is -0.120. The van der Waals surface area contributed by atoms with E-state index in [4.69, 9.17) is 10.5 Å². The summed E-state index contributed by atoms with van der Waals surface area (Å²) in [4.78, 5) is 13.3. The van der Waals surface area contributed by atoms with Crippen LogP contribution >= 0.6 is 11.5 Å². The molecule has 0 aromatic carbocycles. The van der Waals surface area contributed by atoms with Crippen molar-refractivity contribution in [1.82, 2.24) is 9.69 Å². The van der Waals surface area contributed by atoms with Gasteiger partial charge in [-0.3, -0.25) is 4.79 Å². The van der Waals surface area contributed by atoms with Crippen molar-refractivity contribution in [3.05, 3.63) is 0 Å². The second-order valence-corrected chi connectivity index (χ2v) is 4.89. The van der Waals surface area contributed by atoms with Crippen LogP contribution in [0.1, 0.15) is 13.8 Å². The molecule has 0 unspecified atom stereocenters. The monoisotopic (exact) mass is 256 g/mol. The lowest BCUT2D eigenvalue weighted by Gasteiger charge is -2.27. The van der Waals surface area contributed by atoms with Gasteiger partial charge in [0.05, 0.1) is 12.6 Å². The molecule has 1 aliphatic heterocycles. The van der Waals surface area contributed by atoms with Gasteiger partial charge in [-0.05, 0) is 25.4 Å². The van der Waals surface area contributed by atoms with Crippen LogP contribution in [0.2, 0.25) is 0 Å². The van der Waals surface area contributed by atoms with Gasteiger partial charge in [0.1, 0.15) is 0 Å². The molecule has 1 aliphatic rings. The van der Waals surface area contributed by atoms with E-state index < -0.39 is 0 Å². The maximum atomic E-state index is 11.3. The number of nitrogens with two attached hydrogens (primary N) is 1. The average molecular weight is 256 g/mol. The van der Waals surface area contributed by atoms with Crippen LogP contribution in [0.3, 0.4) is 0 Å². The Morgan fingerprint density at radius 2 is 2.35 bits per heavy atom. The molecule has 6 nitrogen and oxygen atoms in total. The third kappa shape index (κ3) is 2.60. The molecular formula is C10H16N4O2S. The zero-order valence-corrected chi connectivity index (χ0v) is 10.7. The first kappa shape index (κ1) is 12.0. The van der Waals surface area contributed by atoms with Gasteiger partial charge in [-0.15, -0.1) is 0 Å². The average Bonchev–Trinajstić information content (AvgIpc) is 2.60. The number of carbonyl (C=O) groups excluding carboxylic acids is 1. The summed E-state index contributed by atoms with van der Waals surface area (Å²) in [5.74, 6) is 1.00. The third-order valence-electron chi connectivity index (χ3n) is 2.34. The van der Waals surface area contributed by atoms with Crippen LogP contribution in [-0.2, 0) is 4.79 Å². The van der Waals surface area contributed by atoms with Crippen molar-refractivity contribution in [1.29, 1.82) is 0 Å². The highest BCUT2D eigenvalue weighted by molar-refractivity contribution is 7.11. The maximum Gasteiger partial charge on any atom is 0.239 e. The highest BCUT2D eigenvalue weighted by atomic mass is 32.1. The summed E-state index contributed by atoms with van der Waals surface area (Å²) in [7, 11) is 0. The molecule has 2 heterocycles. The Labute approximate surface area is 104 Å². The molecule has 0 aliphatic carbocycles. The van der Waals surface area contributed by atoms with Gasteiger partial charge in [-0.1, -0.05) is 0 Å². The maximum absolute atomic E-state index is 11.3. The van der Waals surface area contributed by atoms with E-state index in [0.717, 1.165) is 11.5 Å². The molecule has 0 bridgehead atoms. The number of nitrogens with zero attached hydrogens (tertiary/aromatic N) is 2. The number of amides is 1. The summed E-state index contributed by atoms with van der Waals surface area (Å²) >= 11 is 1.27. The number of rotatable bonds is 3. The smallest absolute Gasteiger partial charge is 0.239 e. The van der Waals surface area contributed by atoms with E-state index in [1.54, 1.807) is 0 Å². The second kappa shape index (κ2) is 4.79. The predicted molar refractivity (Wildman–Crippen MR) is 67.5 cm³/mol. The number of nitrogen functional groups attached to an aromatic ring is 1. The van der Waals surface area contributed by atoms with Gasteiger partial charge in [0, 0.05) is 13.1 Å². The van der Waals surface area contributed by atoms with Crippen molar-refractivity contribution >= 4 is 28.3 Å². The van der Waals surface area contributed by atoms with E-state index in [-0.39, 0.29) is 12.0 Å². The predicted octanol–water partition coefficient (Wildman–Crippen LogP) is 0.449. The number of ether oxygens (including phenoxy) is 1. The molecule has 1 amide bonds. The molecule has 1 aromatic heterocycles. The van der Waals surface area contributed by atoms with E-state index in [2.05, 4.69) is 9.69 Å². The lowest BCUT2D eigenvalue weighted by Crippen LogP contribution is -2.47. The van der Waals surface area contributed by atoms with E-state index in [9.17, 15) is 4.79 Å². The summed E-state index contributed by atoms with van der Waals surface area (Å²) in [5.41, 5.74) is 5.78. The first-order chi connectivity index (χ1) is 8.08. The zero-order chi connectivity index (χ0) is 12.4. The number of aromatic nitrogens is 1. The summed E-state index contributed by atoms with van der Waals surface area (Å²) in [5, 5.41) is 3.62. The van der Waals surface area contributed by atoms with Crippen molar-refractivity contribution in [3.63, 3.8) is 0 Å². The number of piperazine rings is 1. The van der Waals surface area contributed by atoms with Crippen LogP contribution in [0.15, 0.2) is 0 Å². The van der Waals surface area contributed by atoms with Crippen molar-refractivity contribution < 1.29 is 9.53 Å². The Hall–Kier alpha value is -1.50. The van der Waals surface area contributed by atoms with Gasteiger partial charge in [-0.25, -0.2) is 0 Å². The summed E-state index contributed by atoms with van der Waals surface area (Å²) in [6.07, 6.45) is 0.0334. The van der Waals surface area contributed by atoms with Gasteiger partial charge >= 0.3 is 0 Å². The van der Waals surface area contributed by atoms with Crippen LogP contribution in [0.25, 0.3) is 0 Å². The van der Waals surface area contributed by atoms with E-state index in [1.807, 2.05) is 18.7 Å². The van der Waals surface area contributed by atoms with Crippen molar-refractivity contribution in [3.8, 4) is 5.75 Å². The Kier molecular flexibility index (Phi) is 3.37. The quantitative estimate of drug-likeness (QED) is 0.820. The summed E-state index contributed by atoms with van der Waals surface area (Å²) in [6.45, 7) is 5.59. The normalized spacial score (nSPS) is 16.2. The number of carbonyl (C=O) groups is 1. The minimum atomic E-state index is 0.0127. The fourth-order valence-electron chi connectivity index (χ4n) is 1.64. The molecule has 7 heteroatoms. The first-order valence-electron chi connectivity index (χ1n) is 5.51. The van der Waals surface area contributed by atoms with Gasteiger partial charge < -0.3 is 20.7 Å². The summed E-state index contributed by atoms with van der Waals surface area (Å²) in [6, 6.07) is 0. The van der Waals surface area contributed by atoms with Crippen molar-refractivity contribution in [2.45, 2.75) is 20.0 Å². The molecular weight excluding hydrogens is 240 g/mol. The van der Waals surface area contributed by atoms with Crippen molar-refractivity contribution in [2.75, 3.05) is 30.3 Å². The van der Waals surface area contributed by atoms with Gasteiger partial charge in [0.15, 0.2) is 16.6 Å². The van der Waals surface area contributed by atoms with E-state index >= 15 is 0 Å². The number of anilines is 2. The second-order valence-electron chi connectivity index (χ2n) is 4.14. The molecule has 3 N–H and O–H groups in total. The topological polar surface area (TPSA) is 80.5 Å². The molecule has 0 saturated carbocycles. The standard InChI is InChI=1S/C10H16N4O2S/c1-6(2)16-8-9(11)13-17-10(8)14-4-3-12-7(15)5-14/h6H,3-5H2,1-2H3,(H2,11,13)(H,12,15). The van der Waals surface area contributed by atoms with Crippen LogP contribution < -0.4 is 20.7 Å². The van der Waals surface area contributed by atoms with Crippen molar-refractivity contribution in [2.24, 2.45) is 0 Å². The molecule has 2 rings (SSSR count). The third-order valence-corrected chi connectivity index (χ3v) is 3.24. The Bertz CT molecular complexity index is 418. The van der Waals surface area contributed by atoms with Crippen LogP contribution in [0, 0.1) is 0 Å². The Morgan fingerprint density at radius 3 is 3.00 bits per heavy atom. The lowest BCUT2D eigenvalue weighted by atomic mass is 10.3. The molecule has 1 aromatic rings. The Balaban J connectivity index is 2.22. The van der Waals surface area contributed by atoms with E-state index in [0.29, 0.717) is 24.7 Å². The number of hydrogen-bond acceptors (Lipinski definition) is 6. The minimum Gasteiger partial charge on any atom is -0.484 e. The minimum absolute atomic E-state index is 0.0127. The number of nitrogens with one attached hydrogen (secondary N) is 1. The highest BCUT2D eigenvalue weighted by Gasteiger charge is 2.24. The largest absolute Gasteiger partial charge is 0.484 e. The van der Waals surface area contributed by atoms with Crippen LogP contribution in [0.5, 0.6) is 5.75 Å². The Morgan fingerprint density at radius 1 is 1.59 bits per heavy atom. The fourth-order valence-corrected chi connectivity index (χ4v) is 2.42. The van der Waals surface area contributed by atoms with E-state index in [1.165, 1.54) is 11.5 Å². The first-order valence-corrected chi connectivity index (χ1v) is 6.28. The molecule has 0 spiro atoms. The SMILES string of the molecule is CC(C)Oc1c(N)nsc1N1CCNC(=O)C1. The highest BCUT2D eigenvalue weighted by Crippen LogP contribution is 2.38. The van der Waals surface area contributed by atoms with Gasteiger partial charge in [0.25, 0.3) is 0 Å². The summed E-state index contributed by atoms with van der Waals surface area (Å²) < 4.78 is 9.75. The van der Waals surface area contributed by atoms with Gasteiger partial charge in [0.2, 0.25) is 5.91 Å². The molecule has 0 atom stereocenters. The number of hydrogen-bond donors (Lipinski definition) is 2. The van der Waals surface area contributed by atoms with Crippen LogP contribution in [0.4, 0.5) is 10.8 Å². The van der Waals surface area contributed by atoms with Gasteiger partial charge in [-0.2, -0.15) is 4.37 Å². The molecule has 1 fully saturated rings. The van der Waals surface area contributed by atoms with Crippen LogP contribution in [-0.4, -0.2) is 36.0 Å². The zero-order valence-electron chi connectivity index (χ0n) is 9.90. The molecule has 94 valence electrons. The molecule has 1 saturated heterocycles. The molecule has 0 radical (unpaired) electrons. The molecule has 17 heavy (non-hydrogen) atoms.